The first kappa shape index (κ1) is 25.6. The van der Waals surface area contributed by atoms with Crippen LogP contribution < -0.4 is 15.4 Å². The smallest absolute Gasteiger partial charge is 0.203 e. The van der Waals surface area contributed by atoms with Crippen molar-refractivity contribution in [3.8, 4) is 17.0 Å². The second-order valence-corrected chi connectivity index (χ2v) is 11.3. The van der Waals surface area contributed by atoms with Crippen molar-refractivity contribution in [3.05, 3.63) is 59.9 Å². The van der Waals surface area contributed by atoms with Crippen LogP contribution in [-0.4, -0.2) is 49.1 Å². The van der Waals surface area contributed by atoms with Crippen LogP contribution in [0.4, 0.5) is 16.0 Å². The fraction of sp³-hybridized carbons (Fsp3) is 0.346. The van der Waals surface area contributed by atoms with Crippen molar-refractivity contribution in [1.82, 2.24) is 9.97 Å². The highest BCUT2D eigenvalue weighted by Gasteiger charge is 2.31. The van der Waals surface area contributed by atoms with E-state index in [0.29, 0.717) is 36.0 Å². The summed E-state index contributed by atoms with van der Waals surface area (Å²) in [7, 11) is -4.01. The zero-order chi connectivity index (χ0) is 26.0. The number of nitrogen functional groups attached to an aromatic ring is 1. The van der Waals surface area contributed by atoms with E-state index in [-0.39, 0.29) is 28.4 Å². The number of anilines is 2. The molecule has 2 aromatic heterocycles. The van der Waals surface area contributed by atoms with Crippen molar-refractivity contribution in [1.29, 1.82) is 0 Å². The topological polar surface area (TPSA) is 115 Å². The van der Waals surface area contributed by atoms with E-state index in [1.165, 1.54) is 30.3 Å². The lowest BCUT2D eigenvalue weighted by atomic mass is 10.0. The van der Waals surface area contributed by atoms with Crippen LogP contribution in [-0.2, 0) is 9.84 Å². The molecule has 1 atom stereocenters. The molecule has 10 heteroatoms. The largest absolute Gasteiger partial charge is 0.493 e. The van der Waals surface area contributed by atoms with Crippen LogP contribution in [0.1, 0.15) is 37.6 Å². The number of halogens is 1. The van der Waals surface area contributed by atoms with Crippen molar-refractivity contribution in [2.45, 2.75) is 38.3 Å². The first-order chi connectivity index (χ1) is 17.0. The van der Waals surface area contributed by atoms with Gasteiger partial charge in [0.2, 0.25) is 9.84 Å². The van der Waals surface area contributed by atoms with Gasteiger partial charge in [-0.2, -0.15) is 0 Å². The Bertz CT molecular complexity index is 1390. The van der Waals surface area contributed by atoms with Gasteiger partial charge in [0.15, 0.2) is 10.8 Å². The van der Waals surface area contributed by atoms with E-state index in [4.69, 9.17) is 10.5 Å². The van der Waals surface area contributed by atoms with Gasteiger partial charge in [-0.3, -0.25) is 4.79 Å². The van der Waals surface area contributed by atoms with Crippen LogP contribution in [0.25, 0.3) is 11.3 Å². The molecular weight excluding hydrogens is 483 g/mol. The van der Waals surface area contributed by atoms with Crippen molar-refractivity contribution < 1.29 is 22.3 Å². The number of carbonyl (C=O) groups is 1. The first-order valence-electron chi connectivity index (χ1n) is 11.7. The molecule has 3 aromatic rings. The van der Waals surface area contributed by atoms with Gasteiger partial charge in [-0.05, 0) is 55.7 Å². The number of hydrogen-bond acceptors (Lipinski definition) is 8. The van der Waals surface area contributed by atoms with Crippen LogP contribution >= 0.6 is 0 Å². The Kier molecular flexibility index (Phi) is 7.26. The molecule has 0 aliphatic carbocycles. The summed E-state index contributed by atoms with van der Waals surface area (Å²) in [5, 5.41) is -0.256. The molecule has 1 aliphatic rings. The third kappa shape index (κ3) is 5.64. The lowest BCUT2D eigenvalue weighted by Gasteiger charge is -2.40. The molecule has 190 valence electrons. The van der Waals surface area contributed by atoms with Crippen molar-refractivity contribution in [3.63, 3.8) is 0 Å². The molecule has 0 amide bonds. The Labute approximate surface area is 210 Å². The number of pyridine rings is 2. The lowest BCUT2D eigenvalue weighted by Crippen LogP contribution is -2.47. The molecule has 1 unspecified atom stereocenters. The number of ketones is 1. The molecule has 3 heterocycles. The standard InChI is InChI=1S/C26H29FN4O4S/c1-16(2)14-35-20-12-18(11-19(27)13-20)22-8-7-21(26(29-22)31-10-9-17(31)3)23(32)15-36(33,34)25-6-4-5-24(28)30-25/h4-8,11-13,16-17H,9-10,14-15H2,1-3H3,(H2,28,30). The number of Topliss-reactive ketones (excluding diaryl/α,β-unsaturated/α-hetero) is 1. The Morgan fingerprint density at radius 2 is 1.97 bits per heavy atom. The summed E-state index contributed by atoms with van der Waals surface area (Å²) in [5.74, 6) is -0.746. The third-order valence-electron chi connectivity index (χ3n) is 5.90. The predicted molar refractivity (Wildman–Crippen MR) is 136 cm³/mol. The second-order valence-electron chi connectivity index (χ2n) is 9.36. The highest BCUT2D eigenvalue weighted by atomic mass is 32.2. The van der Waals surface area contributed by atoms with Crippen LogP contribution in [0.2, 0.25) is 0 Å². The second kappa shape index (κ2) is 10.2. The van der Waals surface area contributed by atoms with E-state index in [2.05, 4.69) is 9.97 Å². The summed E-state index contributed by atoms with van der Waals surface area (Å²) in [6.45, 7) is 7.12. The Hall–Kier alpha value is -3.53. The zero-order valence-corrected chi connectivity index (χ0v) is 21.3. The minimum absolute atomic E-state index is 0.0523. The van der Waals surface area contributed by atoms with Gasteiger partial charge in [0.25, 0.3) is 0 Å². The lowest BCUT2D eigenvalue weighted by molar-refractivity contribution is 0.102. The maximum atomic E-state index is 14.4. The van der Waals surface area contributed by atoms with Gasteiger partial charge < -0.3 is 15.4 Å². The van der Waals surface area contributed by atoms with E-state index >= 15 is 0 Å². The summed E-state index contributed by atoms with van der Waals surface area (Å²) >= 11 is 0. The maximum absolute atomic E-state index is 14.4. The molecule has 0 bridgehead atoms. The molecule has 1 saturated heterocycles. The first-order valence-corrected chi connectivity index (χ1v) is 13.4. The molecule has 4 rings (SSSR count). The highest BCUT2D eigenvalue weighted by Crippen LogP contribution is 2.33. The van der Waals surface area contributed by atoms with E-state index in [1.807, 2.05) is 25.7 Å². The summed E-state index contributed by atoms with van der Waals surface area (Å²) in [4.78, 5) is 23.7. The van der Waals surface area contributed by atoms with E-state index in [1.54, 1.807) is 18.2 Å². The molecule has 1 fully saturated rings. The highest BCUT2D eigenvalue weighted by molar-refractivity contribution is 7.92. The average molecular weight is 513 g/mol. The fourth-order valence-electron chi connectivity index (χ4n) is 3.86. The van der Waals surface area contributed by atoms with E-state index in [0.717, 1.165) is 6.42 Å². The number of sulfone groups is 1. The molecule has 0 radical (unpaired) electrons. The molecule has 36 heavy (non-hydrogen) atoms. The summed E-state index contributed by atoms with van der Waals surface area (Å²) in [6, 6.07) is 11.9. The fourth-order valence-corrected chi connectivity index (χ4v) is 5.04. The minimum Gasteiger partial charge on any atom is -0.493 e. The van der Waals surface area contributed by atoms with Gasteiger partial charge in [0.05, 0.1) is 17.9 Å². The number of ether oxygens (including phenoxy) is 1. The molecule has 1 aliphatic heterocycles. The number of rotatable bonds is 9. The van der Waals surface area contributed by atoms with Crippen LogP contribution in [0, 0.1) is 11.7 Å². The van der Waals surface area contributed by atoms with Gasteiger partial charge in [-0.1, -0.05) is 19.9 Å². The Morgan fingerprint density at radius 3 is 2.61 bits per heavy atom. The van der Waals surface area contributed by atoms with E-state index < -0.39 is 27.2 Å². The van der Waals surface area contributed by atoms with Gasteiger partial charge in [-0.15, -0.1) is 0 Å². The molecule has 8 nitrogen and oxygen atoms in total. The molecule has 0 spiro atoms. The van der Waals surface area contributed by atoms with Crippen molar-refractivity contribution in [2.24, 2.45) is 5.92 Å². The molecule has 2 N–H and O–H groups in total. The zero-order valence-electron chi connectivity index (χ0n) is 20.4. The van der Waals surface area contributed by atoms with Gasteiger partial charge >= 0.3 is 0 Å². The van der Waals surface area contributed by atoms with Gasteiger partial charge in [0.1, 0.15) is 29.0 Å². The number of aromatic nitrogens is 2. The van der Waals surface area contributed by atoms with Crippen LogP contribution in [0.5, 0.6) is 5.75 Å². The normalized spacial score (nSPS) is 15.6. The summed E-state index contributed by atoms with van der Waals surface area (Å²) < 4.78 is 45.7. The third-order valence-corrected chi connectivity index (χ3v) is 7.41. The number of nitrogens with zero attached hydrogens (tertiary/aromatic N) is 3. The number of nitrogens with two attached hydrogens (primary N) is 1. The molecule has 1 aromatic carbocycles. The SMILES string of the molecule is CC(C)COc1cc(F)cc(-c2ccc(C(=O)CS(=O)(=O)c3cccc(N)n3)c(N3CCC3C)n2)c1. The molecular formula is C26H29FN4O4S. The number of carbonyl (C=O) groups excluding carboxylic acids is 1. The number of hydrogen-bond donors (Lipinski definition) is 1. The minimum atomic E-state index is -4.01. The van der Waals surface area contributed by atoms with Gasteiger partial charge in [-0.25, -0.2) is 22.8 Å². The maximum Gasteiger partial charge on any atom is 0.203 e. The molecule has 0 saturated carbocycles. The monoisotopic (exact) mass is 512 g/mol. The van der Waals surface area contributed by atoms with Crippen molar-refractivity contribution >= 4 is 27.3 Å². The van der Waals surface area contributed by atoms with E-state index in [9.17, 15) is 17.6 Å². The summed E-state index contributed by atoms with van der Waals surface area (Å²) in [6.07, 6.45) is 0.915. The summed E-state index contributed by atoms with van der Waals surface area (Å²) in [5.41, 5.74) is 6.75. The quantitative estimate of drug-likeness (QED) is 0.425. The average Bonchev–Trinajstić information content (AvgIpc) is 2.81. The Morgan fingerprint density at radius 1 is 1.19 bits per heavy atom. The predicted octanol–water partition coefficient (Wildman–Crippen LogP) is 4.15. The Balaban J connectivity index is 1.69. The van der Waals surface area contributed by atoms with Gasteiger partial charge in [0, 0.05) is 24.2 Å². The van der Waals surface area contributed by atoms with Crippen LogP contribution in [0.3, 0.4) is 0 Å². The van der Waals surface area contributed by atoms with Crippen LogP contribution in [0.15, 0.2) is 53.6 Å². The van der Waals surface area contributed by atoms with Crippen molar-refractivity contribution in [2.75, 3.05) is 29.5 Å². The number of benzene rings is 1.